The van der Waals surface area contributed by atoms with E-state index in [1.165, 1.54) is 19.3 Å². The fraction of sp³-hybridized carbons (Fsp3) is 0.625. The highest BCUT2D eigenvalue weighted by molar-refractivity contribution is 6.31. The lowest BCUT2D eigenvalue weighted by Crippen LogP contribution is -2.07. The SMILES string of the molecule is CCCCC(CC)CC(O)c1ccc(C)cc1Cl. The van der Waals surface area contributed by atoms with E-state index in [0.29, 0.717) is 10.9 Å². The summed E-state index contributed by atoms with van der Waals surface area (Å²) in [5, 5.41) is 11.0. The molecule has 0 saturated heterocycles. The zero-order chi connectivity index (χ0) is 13.5. The molecule has 0 radical (unpaired) electrons. The molecule has 0 aliphatic rings. The minimum Gasteiger partial charge on any atom is -0.388 e. The summed E-state index contributed by atoms with van der Waals surface area (Å²) < 4.78 is 0. The number of aliphatic hydroxyl groups is 1. The fourth-order valence-electron chi connectivity index (χ4n) is 2.33. The monoisotopic (exact) mass is 268 g/mol. The number of hydrogen-bond donors (Lipinski definition) is 1. The average Bonchev–Trinajstić information content (AvgIpc) is 2.34. The van der Waals surface area contributed by atoms with Crippen LogP contribution in [0.2, 0.25) is 5.02 Å². The average molecular weight is 269 g/mol. The number of benzene rings is 1. The molecular formula is C16H25ClO. The summed E-state index contributed by atoms with van der Waals surface area (Å²) in [5.41, 5.74) is 2.01. The van der Waals surface area contributed by atoms with E-state index in [9.17, 15) is 5.11 Å². The van der Waals surface area contributed by atoms with Gasteiger partial charge in [-0.05, 0) is 36.5 Å². The van der Waals surface area contributed by atoms with Crippen molar-refractivity contribution >= 4 is 11.6 Å². The number of unbranched alkanes of at least 4 members (excludes halogenated alkanes) is 1. The lowest BCUT2D eigenvalue weighted by Gasteiger charge is -2.20. The Hall–Kier alpha value is -0.530. The van der Waals surface area contributed by atoms with Crippen molar-refractivity contribution in [3.05, 3.63) is 34.3 Å². The third-order valence-electron chi connectivity index (χ3n) is 3.61. The third-order valence-corrected chi connectivity index (χ3v) is 3.94. The summed E-state index contributed by atoms with van der Waals surface area (Å²) in [5.74, 6) is 0.595. The van der Waals surface area contributed by atoms with E-state index in [2.05, 4.69) is 13.8 Å². The van der Waals surface area contributed by atoms with E-state index in [1.54, 1.807) is 0 Å². The van der Waals surface area contributed by atoms with Gasteiger partial charge in [-0.15, -0.1) is 0 Å². The van der Waals surface area contributed by atoms with Gasteiger partial charge in [0.1, 0.15) is 0 Å². The lowest BCUT2D eigenvalue weighted by atomic mass is 9.90. The van der Waals surface area contributed by atoms with Crippen molar-refractivity contribution in [1.29, 1.82) is 0 Å². The molecule has 1 aromatic carbocycles. The molecule has 2 atom stereocenters. The molecule has 0 aliphatic heterocycles. The summed E-state index contributed by atoms with van der Waals surface area (Å²) in [7, 11) is 0. The van der Waals surface area contributed by atoms with E-state index in [1.807, 2.05) is 25.1 Å². The maximum Gasteiger partial charge on any atom is 0.0807 e. The summed E-state index contributed by atoms with van der Waals surface area (Å²) in [6.07, 6.45) is 5.18. The van der Waals surface area contributed by atoms with Gasteiger partial charge in [0.05, 0.1) is 6.10 Å². The van der Waals surface area contributed by atoms with Crippen molar-refractivity contribution in [3.63, 3.8) is 0 Å². The highest BCUT2D eigenvalue weighted by atomic mass is 35.5. The summed E-state index contributed by atoms with van der Waals surface area (Å²) in [6, 6.07) is 5.89. The first kappa shape index (κ1) is 15.5. The second-order valence-electron chi connectivity index (χ2n) is 5.19. The second kappa shape index (κ2) is 7.81. The van der Waals surface area contributed by atoms with Crippen molar-refractivity contribution in [2.24, 2.45) is 5.92 Å². The van der Waals surface area contributed by atoms with Gasteiger partial charge < -0.3 is 5.11 Å². The van der Waals surface area contributed by atoms with Crippen LogP contribution in [0.1, 0.15) is 63.2 Å². The van der Waals surface area contributed by atoms with E-state index < -0.39 is 6.10 Å². The minimum atomic E-state index is -0.431. The second-order valence-corrected chi connectivity index (χ2v) is 5.60. The summed E-state index contributed by atoms with van der Waals surface area (Å²) >= 11 is 6.20. The molecule has 0 amide bonds. The highest BCUT2D eigenvalue weighted by Crippen LogP contribution is 2.31. The Morgan fingerprint density at radius 1 is 1.28 bits per heavy atom. The Balaban J connectivity index is 2.65. The maximum atomic E-state index is 10.3. The van der Waals surface area contributed by atoms with Crippen LogP contribution in [-0.2, 0) is 0 Å². The molecule has 1 N–H and O–H groups in total. The molecule has 2 unspecified atom stereocenters. The van der Waals surface area contributed by atoms with E-state index in [0.717, 1.165) is 24.0 Å². The molecule has 0 spiro atoms. The quantitative estimate of drug-likeness (QED) is 0.712. The lowest BCUT2D eigenvalue weighted by molar-refractivity contribution is 0.139. The molecule has 2 heteroatoms. The smallest absolute Gasteiger partial charge is 0.0807 e. The number of aryl methyl sites for hydroxylation is 1. The van der Waals surface area contributed by atoms with Crippen LogP contribution in [0.3, 0.4) is 0 Å². The molecule has 0 bridgehead atoms. The van der Waals surface area contributed by atoms with Crippen LogP contribution < -0.4 is 0 Å². The van der Waals surface area contributed by atoms with Crippen LogP contribution in [0.5, 0.6) is 0 Å². The Morgan fingerprint density at radius 3 is 2.56 bits per heavy atom. The minimum absolute atomic E-state index is 0.431. The van der Waals surface area contributed by atoms with Gasteiger partial charge in [0, 0.05) is 5.02 Å². The van der Waals surface area contributed by atoms with Gasteiger partial charge in [0.15, 0.2) is 0 Å². The van der Waals surface area contributed by atoms with E-state index in [-0.39, 0.29) is 0 Å². The van der Waals surface area contributed by atoms with Gasteiger partial charge >= 0.3 is 0 Å². The summed E-state index contributed by atoms with van der Waals surface area (Å²) in [6.45, 7) is 6.42. The van der Waals surface area contributed by atoms with Crippen LogP contribution in [-0.4, -0.2) is 5.11 Å². The van der Waals surface area contributed by atoms with Gasteiger partial charge in [0.2, 0.25) is 0 Å². The predicted molar refractivity (Wildman–Crippen MR) is 79.1 cm³/mol. The maximum absolute atomic E-state index is 10.3. The van der Waals surface area contributed by atoms with Crippen molar-refractivity contribution in [2.45, 2.75) is 59.0 Å². The Morgan fingerprint density at radius 2 is 2.00 bits per heavy atom. The first-order valence-electron chi connectivity index (χ1n) is 7.02. The molecule has 102 valence electrons. The Kier molecular flexibility index (Phi) is 6.73. The van der Waals surface area contributed by atoms with Crippen LogP contribution in [0.15, 0.2) is 18.2 Å². The van der Waals surface area contributed by atoms with Crippen LogP contribution in [0, 0.1) is 12.8 Å². The zero-order valence-electron chi connectivity index (χ0n) is 11.7. The van der Waals surface area contributed by atoms with Gasteiger partial charge in [-0.2, -0.15) is 0 Å². The highest BCUT2D eigenvalue weighted by Gasteiger charge is 2.16. The van der Waals surface area contributed by atoms with Gasteiger partial charge in [-0.1, -0.05) is 63.3 Å². The predicted octanol–water partition coefficient (Wildman–Crippen LogP) is 5.29. The first-order valence-corrected chi connectivity index (χ1v) is 7.40. The molecule has 1 aromatic rings. The fourth-order valence-corrected chi connectivity index (χ4v) is 2.69. The number of aliphatic hydroxyl groups excluding tert-OH is 1. The largest absolute Gasteiger partial charge is 0.388 e. The van der Waals surface area contributed by atoms with Crippen molar-refractivity contribution in [1.82, 2.24) is 0 Å². The Labute approximate surface area is 116 Å². The van der Waals surface area contributed by atoms with Gasteiger partial charge in [0.25, 0.3) is 0 Å². The molecule has 0 aliphatic carbocycles. The van der Waals surface area contributed by atoms with Crippen molar-refractivity contribution in [2.75, 3.05) is 0 Å². The summed E-state index contributed by atoms with van der Waals surface area (Å²) in [4.78, 5) is 0. The van der Waals surface area contributed by atoms with Gasteiger partial charge in [-0.3, -0.25) is 0 Å². The topological polar surface area (TPSA) is 20.2 Å². The van der Waals surface area contributed by atoms with Crippen LogP contribution in [0.25, 0.3) is 0 Å². The van der Waals surface area contributed by atoms with Crippen molar-refractivity contribution < 1.29 is 5.11 Å². The van der Waals surface area contributed by atoms with E-state index >= 15 is 0 Å². The normalized spacial score (nSPS) is 14.5. The molecule has 0 heterocycles. The van der Waals surface area contributed by atoms with Crippen LogP contribution in [0.4, 0.5) is 0 Å². The molecule has 0 fully saturated rings. The molecule has 0 saturated carbocycles. The van der Waals surface area contributed by atoms with Gasteiger partial charge in [-0.25, -0.2) is 0 Å². The molecule has 1 rings (SSSR count). The van der Waals surface area contributed by atoms with Crippen LogP contribution >= 0.6 is 11.6 Å². The third kappa shape index (κ3) is 4.62. The molecule has 18 heavy (non-hydrogen) atoms. The molecular weight excluding hydrogens is 244 g/mol. The Bertz CT molecular complexity index is 362. The standard InChI is InChI=1S/C16H25ClO/c1-4-6-7-13(5-2)11-16(18)14-9-8-12(3)10-15(14)17/h8-10,13,16,18H,4-7,11H2,1-3H3. The van der Waals surface area contributed by atoms with Crippen molar-refractivity contribution in [3.8, 4) is 0 Å². The number of halogens is 1. The number of rotatable bonds is 7. The first-order chi connectivity index (χ1) is 8.58. The molecule has 1 nitrogen and oxygen atoms in total. The zero-order valence-corrected chi connectivity index (χ0v) is 12.5. The molecule has 0 aromatic heterocycles. The van der Waals surface area contributed by atoms with E-state index in [4.69, 9.17) is 11.6 Å². The number of hydrogen-bond acceptors (Lipinski definition) is 1.